The molecule has 0 saturated carbocycles. The van der Waals surface area contributed by atoms with Crippen molar-refractivity contribution >= 4 is 17.0 Å². The smallest absolute Gasteiger partial charge is 0.236 e. The minimum Gasteiger partial charge on any atom is -0.476 e. The van der Waals surface area contributed by atoms with Crippen LogP contribution in [0.2, 0.25) is 0 Å². The molecule has 0 amide bonds. The lowest BCUT2D eigenvalue weighted by Gasteiger charge is -2.09. The molecule has 2 aromatic rings. The molecule has 0 aliphatic carbocycles. The van der Waals surface area contributed by atoms with Crippen LogP contribution < -0.4 is 10.5 Å². The molecule has 0 aliphatic heterocycles. The highest BCUT2D eigenvalue weighted by atomic mass is 32.1. The Morgan fingerprint density at radius 2 is 2.16 bits per heavy atom. The number of hydrogen-bond donors (Lipinski definition) is 1. The average Bonchev–Trinajstić information content (AvgIpc) is 2.89. The standard InChI is InChI=1S/C13H20N4OS/c1-4-6-17-13(12(14)10(3)16-17)18-7-5-11-9(2)15-8-19-11/h8H,4-7,14H2,1-3H3. The van der Waals surface area contributed by atoms with Crippen molar-refractivity contribution < 1.29 is 4.74 Å². The summed E-state index contributed by atoms with van der Waals surface area (Å²) >= 11 is 1.66. The van der Waals surface area contributed by atoms with Gasteiger partial charge in [0.2, 0.25) is 5.88 Å². The molecule has 6 heteroatoms. The van der Waals surface area contributed by atoms with Gasteiger partial charge in [0.25, 0.3) is 0 Å². The second-order valence-electron chi connectivity index (χ2n) is 4.49. The van der Waals surface area contributed by atoms with Crippen LogP contribution in [-0.2, 0) is 13.0 Å². The Kier molecular flexibility index (Phi) is 4.42. The Labute approximate surface area is 117 Å². The van der Waals surface area contributed by atoms with Gasteiger partial charge in [-0.3, -0.25) is 0 Å². The number of rotatable bonds is 6. The summed E-state index contributed by atoms with van der Waals surface area (Å²) in [6.45, 7) is 7.46. The number of nitrogens with two attached hydrogens (primary N) is 1. The van der Waals surface area contributed by atoms with Crippen LogP contribution in [0.5, 0.6) is 5.88 Å². The zero-order chi connectivity index (χ0) is 13.8. The molecule has 104 valence electrons. The number of nitrogen functional groups attached to an aromatic ring is 1. The Hall–Kier alpha value is -1.56. The number of aryl methyl sites for hydroxylation is 3. The molecule has 2 N–H and O–H groups in total. The Bertz CT molecular complexity index is 547. The van der Waals surface area contributed by atoms with Crippen molar-refractivity contribution in [3.63, 3.8) is 0 Å². The molecular weight excluding hydrogens is 260 g/mol. The molecule has 0 radical (unpaired) electrons. The summed E-state index contributed by atoms with van der Waals surface area (Å²) < 4.78 is 7.68. The predicted molar refractivity (Wildman–Crippen MR) is 77.7 cm³/mol. The molecule has 19 heavy (non-hydrogen) atoms. The quantitative estimate of drug-likeness (QED) is 0.883. The van der Waals surface area contributed by atoms with Crippen molar-refractivity contribution in [3.8, 4) is 5.88 Å². The SMILES string of the molecule is CCCn1nc(C)c(N)c1OCCc1scnc1C. The molecule has 0 aliphatic rings. The first-order chi connectivity index (χ1) is 9.13. The van der Waals surface area contributed by atoms with Crippen LogP contribution in [0.4, 0.5) is 5.69 Å². The highest BCUT2D eigenvalue weighted by molar-refractivity contribution is 7.09. The highest BCUT2D eigenvalue weighted by Crippen LogP contribution is 2.25. The van der Waals surface area contributed by atoms with E-state index >= 15 is 0 Å². The maximum atomic E-state index is 6.00. The largest absolute Gasteiger partial charge is 0.476 e. The van der Waals surface area contributed by atoms with Crippen molar-refractivity contribution in [2.45, 2.75) is 40.2 Å². The molecule has 0 aromatic carbocycles. The van der Waals surface area contributed by atoms with Crippen LogP contribution >= 0.6 is 11.3 Å². The summed E-state index contributed by atoms with van der Waals surface area (Å²) in [6, 6.07) is 0. The second-order valence-corrected chi connectivity index (χ2v) is 5.43. The van der Waals surface area contributed by atoms with E-state index in [1.165, 1.54) is 4.88 Å². The van der Waals surface area contributed by atoms with Crippen LogP contribution in [0.3, 0.4) is 0 Å². The van der Waals surface area contributed by atoms with E-state index in [1.807, 2.05) is 24.0 Å². The Morgan fingerprint density at radius 3 is 2.79 bits per heavy atom. The zero-order valence-corrected chi connectivity index (χ0v) is 12.5. The van der Waals surface area contributed by atoms with Gasteiger partial charge >= 0.3 is 0 Å². The van der Waals surface area contributed by atoms with Gasteiger partial charge in [0.15, 0.2) is 0 Å². The molecule has 0 spiro atoms. The van der Waals surface area contributed by atoms with Crippen LogP contribution in [0.15, 0.2) is 5.51 Å². The van der Waals surface area contributed by atoms with Gasteiger partial charge in [-0.25, -0.2) is 9.67 Å². The minimum absolute atomic E-state index is 0.599. The van der Waals surface area contributed by atoms with Crippen molar-refractivity contribution in [3.05, 3.63) is 21.8 Å². The Balaban J connectivity index is 2.01. The highest BCUT2D eigenvalue weighted by Gasteiger charge is 2.13. The Morgan fingerprint density at radius 1 is 1.37 bits per heavy atom. The van der Waals surface area contributed by atoms with Gasteiger partial charge in [0.05, 0.1) is 23.5 Å². The predicted octanol–water partition coefficient (Wildman–Crippen LogP) is 2.57. The van der Waals surface area contributed by atoms with Crippen molar-refractivity contribution in [2.24, 2.45) is 0 Å². The van der Waals surface area contributed by atoms with Gasteiger partial charge in [0.1, 0.15) is 5.69 Å². The first kappa shape index (κ1) is 13.9. The normalized spacial score (nSPS) is 10.9. The molecule has 0 bridgehead atoms. The molecule has 2 aromatic heterocycles. The summed E-state index contributed by atoms with van der Waals surface area (Å²) in [5.74, 6) is 0.696. The molecule has 2 heterocycles. The lowest BCUT2D eigenvalue weighted by Crippen LogP contribution is -2.08. The van der Waals surface area contributed by atoms with E-state index in [9.17, 15) is 0 Å². The van der Waals surface area contributed by atoms with Crippen molar-refractivity contribution in [2.75, 3.05) is 12.3 Å². The van der Waals surface area contributed by atoms with Gasteiger partial charge in [0, 0.05) is 17.8 Å². The maximum absolute atomic E-state index is 6.00. The van der Waals surface area contributed by atoms with Crippen LogP contribution in [0.25, 0.3) is 0 Å². The van der Waals surface area contributed by atoms with E-state index in [4.69, 9.17) is 10.5 Å². The van der Waals surface area contributed by atoms with E-state index in [0.29, 0.717) is 18.2 Å². The molecule has 0 atom stereocenters. The fourth-order valence-electron chi connectivity index (χ4n) is 1.90. The molecule has 0 fully saturated rings. The molecule has 5 nitrogen and oxygen atoms in total. The van der Waals surface area contributed by atoms with Gasteiger partial charge in [-0.15, -0.1) is 11.3 Å². The monoisotopic (exact) mass is 280 g/mol. The van der Waals surface area contributed by atoms with Crippen molar-refractivity contribution in [1.82, 2.24) is 14.8 Å². The van der Waals surface area contributed by atoms with Gasteiger partial charge in [-0.2, -0.15) is 5.10 Å². The van der Waals surface area contributed by atoms with Gasteiger partial charge in [-0.05, 0) is 20.3 Å². The molecule has 0 saturated heterocycles. The van der Waals surface area contributed by atoms with Crippen LogP contribution in [0.1, 0.15) is 29.6 Å². The topological polar surface area (TPSA) is 66.0 Å². The van der Waals surface area contributed by atoms with E-state index in [0.717, 1.165) is 30.8 Å². The fraction of sp³-hybridized carbons (Fsp3) is 0.538. The summed E-state index contributed by atoms with van der Waals surface area (Å²) in [5.41, 5.74) is 10.4. The van der Waals surface area contributed by atoms with Crippen LogP contribution in [-0.4, -0.2) is 21.4 Å². The number of hydrogen-bond acceptors (Lipinski definition) is 5. The minimum atomic E-state index is 0.599. The van der Waals surface area contributed by atoms with E-state index in [-0.39, 0.29) is 0 Å². The third-order valence-corrected chi connectivity index (χ3v) is 3.97. The van der Waals surface area contributed by atoms with Crippen LogP contribution in [0, 0.1) is 13.8 Å². The number of thiazole rings is 1. The zero-order valence-electron chi connectivity index (χ0n) is 11.6. The molecule has 0 unspecified atom stereocenters. The average molecular weight is 280 g/mol. The summed E-state index contributed by atoms with van der Waals surface area (Å²) in [7, 11) is 0. The summed E-state index contributed by atoms with van der Waals surface area (Å²) in [6.07, 6.45) is 1.86. The van der Waals surface area contributed by atoms with E-state index in [1.54, 1.807) is 11.3 Å². The summed E-state index contributed by atoms with van der Waals surface area (Å²) in [5, 5.41) is 4.39. The molecule has 2 rings (SSSR count). The van der Waals surface area contributed by atoms with E-state index < -0.39 is 0 Å². The lowest BCUT2D eigenvalue weighted by atomic mass is 10.3. The number of ether oxygens (including phenoxy) is 1. The lowest BCUT2D eigenvalue weighted by molar-refractivity contribution is 0.288. The third-order valence-electron chi connectivity index (χ3n) is 2.97. The van der Waals surface area contributed by atoms with Gasteiger partial charge < -0.3 is 10.5 Å². The molecular formula is C13H20N4OS. The number of aromatic nitrogens is 3. The second kappa shape index (κ2) is 6.06. The summed E-state index contributed by atoms with van der Waals surface area (Å²) in [4.78, 5) is 5.49. The number of anilines is 1. The third kappa shape index (κ3) is 3.07. The number of nitrogens with zero attached hydrogens (tertiary/aromatic N) is 3. The first-order valence-corrected chi connectivity index (χ1v) is 7.36. The van der Waals surface area contributed by atoms with Crippen molar-refractivity contribution in [1.29, 1.82) is 0 Å². The van der Waals surface area contributed by atoms with E-state index in [2.05, 4.69) is 17.0 Å². The maximum Gasteiger partial charge on any atom is 0.236 e. The fourth-order valence-corrected chi connectivity index (χ4v) is 2.66. The first-order valence-electron chi connectivity index (χ1n) is 6.48. The van der Waals surface area contributed by atoms with Gasteiger partial charge in [-0.1, -0.05) is 6.92 Å².